The van der Waals surface area contributed by atoms with Crippen molar-refractivity contribution >= 4 is 0 Å². The third-order valence-electron chi connectivity index (χ3n) is 3.80. The Morgan fingerprint density at radius 3 is 2.87 bits per heavy atom. The van der Waals surface area contributed by atoms with Gasteiger partial charge in [0.25, 0.3) is 0 Å². The number of rotatable bonds is 3. The first-order chi connectivity index (χ1) is 7.42. The molecule has 0 bridgehead atoms. The Hall–Kier alpha value is -0.830. The van der Waals surface area contributed by atoms with Crippen molar-refractivity contribution in [2.75, 3.05) is 6.54 Å². The minimum absolute atomic E-state index is 0.680. The molecular formula is C12H19N3. The first-order valence-electron chi connectivity index (χ1n) is 6.19. The summed E-state index contributed by atoms with van der Waals surface area (Å²) in [6.07, 6.45) is 7.83. The molecule has 1 saturated heterocycles. The molecule has 15 heavy (non-hydrogen) atoms. The van der Waals surface area contributed by atoms with E-state index >= 15 is 0 Å². The maximum absolute atomic E-state index is 4.43. The van der Waals surface area contributed by atoms with Gasteiger partial charge in [-0.05, 0) is 38.3 Å². The highest BCUT2D eigenvalue weighted by Gasteiger charge is 2.23. The highest BCUT2D eigenvalue weighted by molar-refractivity contribution is 5.16. The quantitative estimate of drug-likeness (QED) is 0.792. The maximum Gasteiger partial charge on any atom is 0.0655 e. The molecule has 1 atom stereocenters. The summed E-state index contributed by atoms with van der Waals surface area (Å²) in [5.41, 5.74) is 2.62. The molecular weight excluding hydrogens is 186 g/mol. The van der Waals surface area contributed by atoms with E-state index < -0.39 is 0 Å². The van der Waals surface area contributed by atoms with Crippen LogP contribution >= 0.6 is 0 Å². The highest BCUT2D eigenvalue weighted by Crippen LogP contribution is 2.35. The van der Waals surface area contributed by atoms with Crippen LogP contribution in [0.25, 0.3) is 0 Å². The van der Waals surface area contributed by atoms with Crippen molar-refractivity contribution in [1.29, 1.82) is 0 Å². The monoisotopic (exact) mass is 205 g/mol. The number of hydrogen-bond donors (Lipinski definition) is 2. The Morgan fingerprint density at radius 1 is 1.27 bits per heavy atom. The Balaban J connectivity index is 1.62. The number of H-pyrrole nitrogens is 1. The summed E-state index contributed by atoms with van der Waals surface area (Å²) in [6.45, 7) is 1.19. The van der Waals surface area contributed by atoms with Gasteiger partial charge in [0.2, 0.25) is 0 Å². The predicted molar refractivity (Wildman–Crippen MR) is 59.9 cm³/mol. The summed E-state index contributed by atoms with van der Waals surface area (Å²) in [4.78, 5) is 0. The summed E-state index contributed by atoms with van der Waals surface area (Å²) in [6, 6.07) is 2.96. The average Bonchev–Trinajstić information content (AvgIpc) is 2.75. The van der Waals surface area contributed by atoms with Crippen LogP contribution in [-0.4, -0.2) is 22.8 Å². The minimum atomic E-state index is 0.680. The lowest BCUT2D eigenvalue weighted by atomic mass is 9.83. The molecule has 1 unspecified atom stereocenters. The zero-order chi connectivity index (χ0) is 10.1. The SMILES string of the molecule is c1c(C2CCC2)n[nH]c1CC1CCCN1. The fraction of sp³-hybridized carbons (Fsp3) is 0.750. The van der Waals surface area contributed by atoms with Crippen molar-refractivity contribution in [2.24, 2.45) is 0 Å². The molecule has 2 aliphatic rings. The first-order valence-corrected chi connectivity index (χ1v) is 6.19. The lowest BCUT2D eigenvalue weighted by molar-refractivity contribution is 0.410. The van der Waals surface area contributed by atoms with Crippen LogP contribution in [0.3, 0.4) is 0 Å². The van der Waals surface area contributed by atoms with Crippen molar-refractivity contribution in [3.8, 4) is 0 Å². The van der Waals surface area contributed by atoms with E-state index in [0.29, 0.717) is 6.04 Å². The molecule has 3 rings (SSSR count). The average molecular weight is 205 g/mol. The molecule has 2 heterocycles. The minimum Gasteiger partial charge on any atom is -0.314 e. The van der Waals surface area contributed by atoms with E-state index in [-0.39, 0.29) is 0 Å². The van der Waals surface area contributed by atoms with Gasteiger partial charge in [-0.2, -0.15) is 5.10 Å². The van der Waals surface area contributed by atoms with Crippen LogP contribution in [0.5, 0.6) is 0 Å². The zero-order valence-electron chi connectivity index (χ0n) is 9.13. The highest BCUT2D eigenvalue weighted by atomic mass is 15.1. The molecule has 1 aliphatic heterocycles. The first kappa shape index (κ1) is 9.40. The van der Waals surface area contributed by atoms with Gasteiger partial charge in [0.05, 0.1) is 5.69 Å². The third kappa shape index (κ3) is 1.93. The van der Waals surface area contributed by atoms with Gasteiger partial charge in [0.1, 0.15) is 0 Å². The number of aromatic nitrogens is 2. The van der Waals surface area contributed by atoms with E-state index in [1.807, 2.05) is 0 Å². The molecule has 82 valence electrons. The standard InChI is InChI=1S/C12H19N3/c1-3-9(4-1)12-8-11(14-15-12)7-10-5-2-6-13-10/h8-10,13H,1-7H2,(H,14,15). The van der Waals surface area contributed by atoms with E-state index in [9.17, 15) is 0 Å². The second-order valence-electron chi connectivity index (χ2n) is 4.94. The van der Waals surface area contributed by atoms with Gasteiger partial charge in [-0.1, -0.05) is 6.42 Å². The molecule has 0 radical (unpaired) electrons. The predicted octanol–water partition coefficient (Wildman–Crippen LogP) is 1.97. The fourth-order valence-electron chi connectivity index (χ4n) is 2.59. The van der Waals surface area contributed by atoms with Gasteiger partial charge in [0.15, 0.2) is 0 Å². The van der Waals surface area contributed by atoms with E-state index in [1.165, 1.54) is 50.0 Å². The number of nitrogens with one attached hydrogen (secondary N) is 2. The summed E-state index contributed by atoms with van der Waals surface area (Å²) in [5.74, 6) is 0.756. The van der Waals surface area contributed by atoms with E-state index in [2.05, 4.69) is 21.6 Å². The summed E-state index contributed by atoms with van der Waals surface area (Å²) < 4.78 is 0. The maximum atomic E-state index is 4.43. The van der Waals surface area contributed by atoms with Gasteiger partial charge < -0.3 is 5.32 Å². The topological polar surface area (TPSA) is 40.7 Å². The lowest BCUT2D eigenvalue weighted by Crippen LogP contribution is -2.23. The smallest absolute Gasteiger partial charge is 0.0655 e. The van der Waals surface area contributed by atoms with Crippen molar-refractivity contribution in [3.05, 3.63) is 17.5 Å². The van der Waals surface area contributed by atoms with Crippen LogP contribution in [0.2, 0.25) is 0 Å². The van der Waals surface area contributed by atoms with Gasteiger partial charge in [0, 0.05) is 24.1 Å². The Morgan fingerprint density at radius 2 is 2.20 bits per heavy atom. The molecule has 1 aliphatic carbocycles. The Bertz CT molecular complexity index is 321. The summed E-state index contributed by atoms with van der Waals surface area (Å²) in [7, 11) is 0. The molecule has 2 fully saturated rings. The van der Waals surface area contributed by atoms with E-state index in [1.54, 1.807) is 0 Å². The second-order valence-corrected chi connectivity index (χ2v) is 4.94. The number of nitrogens with zero attached hydrogens (tertiary/aromatic N) is 1. The van der Waals surface area contributed by atoms with Crippen molar-refractivity contribution in [1.82, 2.24) is 15.5 Å². The van der Waals surface area contributed by atoms with Gasteiger partial charge in [-0.3, -0.25) is 5.10 Å². The van der Waals surface area contributed by atoms with E-state index in [4.69, 9.17) is 0 Å². The molecule has 0 amide bonds. The van der Waals surface area contributed by atoms with Gasteiger partial charge in [-0.15, -0.1) is 0 Å². The molecule has 2 N–H and O–H groups in total. The van der Waals surface area contributed by atoms with Gasteiger partial charge >= 0.3 is 0 Å². The summed E-state index contributed by atoms with van der Waals surface area (Å²) in [5, 5.41) is 11.1. The lowest BCUT2D eigenvalue weighted by Gasteiger charge is -2.22. The Labute approximate surface area is 90.7 Å². The Kier molecular flexibility index (Phi) is 2.49. The normalized spacial score (nSPS) is 26.8. The molecule has 3 heteroatoms. The molecule has 1 aromatic heterocycles. The van der Waals surface area contributed by atoms with Crippen LogP contribution in [0.15, 0.2) is 6.07 Å². The number of hydrogen-bond acceptors (Lipinski definition) is 2. The van der Waals surface area contributed by atoms with Crippen molar-refractivity contribution < 1.29 is 0 Å². The van der Waals surface area contributed by atoms with Crippen molar-refractivity contribution in [3.63, 3.8) is 0 Å². The van der Waals surface area contributed by atoms with Crippen molar-refractivity contribution in [2.45, 2.75) is 50.5 Å². The summed E-state index contributed by atoms with van der Waals surface area (Å²) >= 11 is 0. The van der Waals surface area contributed by atoms with Crippen LogP contribution < -0.4 is 5.32 Å². The van der Waals surface area contributed by atoms with Crippen LogP contribution in [-0.2, 0) is 6.42 Å². The van der Waals surface area contributed by atoms with E-state index in [0.717, 1.165) is 12.3 Å². The molecule has 3 nitrogen and oxygen atoms in total. The van der Waals surface area contributed by atoms with Crippen LogP contribution in [0, 0.1) is 0 Å². The number of aromatic amines is 1. The van der Waals surface area contributed by atoms with Crippen LogP contribution in [0.4, 0.5) is 0 Å². The van der Waals surface area contributed by atoms with Crippen LogP contribution in [0.1, 0.15) is 49.4 Å². The zero-order valence-corrected chi connectivity index (χ0v) is 9.13. The second kappa shape index (κ2) is 3.97. The molecule has 0 spiro atoms. The third-order valence-corrected chi connectivity index (χ3v) is 3.80. The molecule has 0 aromatic carbocycles. The molecule has 1 aromatic rings. The van der Waals surface area contributed by atoms with Gasteiger partial charge in [-0.25, -0.2) is 0 Å². The largest absolute Gasteiger partial charge is 0.314 e. The fourth-order valence-corrected chi connectivity index (χ4v) is 2.59. The molecule has 1 saturated carbocycles.